The first-order valence-electron chi connectivity index (χ1n) is 14.1. The highest BCUT2D eigenvalue weighted by Crippen LogP contribution is 2.18. The molecule has 3 atom stereocenters. The van der Waals surface area contributed by atoms with E-state index in [1.165, 1.54) is 18.2 Å². The number of halogens is 3. The molecule has 0 aromatic heterocycles. The van der Waals surface area contributed by atoms with Crippen molar-refractivity contribution in [2.45, 2.75) is 85.4 Å². The lowest BCUT2D eigenvalue weighted by atomic mass is 9.99. The topological polar surface area (TPSA) is 163 Å². The Labute approximate surface area is 255 Å². The zero-order valence-corrected chi connectivity index (χ0v) is 26.1. The van der Waals surface area contributed by atoms with Crippen LogP contribution in [0, 0.1) is 17.8 Å². The maximum absolute atomic E-state index is 13.4. The third kappa shape index (κ3) is 14.0. The summed E-state index contributed by atoms with van der Waals surface area (Å²) < 4.78 is 31.8. The third-order valence-electron chi connectivity index (χ3n) is 6.15. The van der Waals surface area contributed by atoms with E-state index < -0.39 is 60.8 Å². The van der Waals surface area contributed by atoms with E-state index in [1.54, 1.807) is 27.7 Å². The number of hydrogen-bond donors (Lipinski definition) is 5. The number of ether oxygens (including phenoxy) is 1. The molecular weight excluding hydrogens is 590 g/mol. The molecule has 14 heteroatoms. The molecule has 43 heavy (non-hydrogen) atoms. The molecule has 0 aliphatic heterocycles. The summed E-state index contributed by atoms with van der Waals surface area (Å²) in [5.74, 6) is -3.91. The Hall–Kier alpha value is -3.48. The fourth-order valence-corrected chi connectivity index (χ4v) is 4.19. The Balaban J connectivity index is 2.95. The number of amides is 4. The molecule has 1 rings (SSSR count). The van der Waals surface area contributed by atoms with Gasteiger partial charge in [-0.2, -0.15) is 0 Å². The second-order valence-electron chi connectivity index (χ2n) is 11.4. The summed E-state index contributed by atoms with van der Waals surface area (Å²) in [6, 6.07) is 0.272. The normalized spacial score (nSPS) is 13.4. The standard InChI is InChI=1S/C29H43ClF2N4O7/c1-15(2)11-21(35-27(39)24(17(5)6)36-29(42)43-14-16(3)4)26(38)34-22(13-23(31)32)25(37)33-10-9-18-7-8-19(28(40)41)12-20(18)30/h7-8,12,15-17,21-24H,9-11,13-14H2,1-6H3,(H,33,37)(H,34,38)(H,35,39)(H,36,42)(H,40,41)/t21-,22-,24-/m0/s1. The molecule has 0 unspecified atom stereocenters. The van der Waals surface area contributed by atoms with Gasteiger partial charge in [0.1, 0.15) is 18.1 Å². The molecule has 5 N–H and O–H groups in total. The number of alkyl carbamates (subject to hydrolysis) is 1. The van der Waals surface area contributed by atoms with E-state index in [-0.39, 0.29) is 54.3 Å². The number of alkyl halides is 2. The van der Waals surface area contributed by atoms with Crippen LogP contribution in [0.25, 0.3) is 0 Å². The van der Waals surface area contributed by atoms with Crippen LogP contribution in [0.1, 0.15) is 70.3 Å². The second-order valence-corrected chi connectivity index (χ2v) is 11.8. The van der Waals surface area contributed by atoms with Crippen LogP contribution >= 0.6 is 11.6 Å². The summed E-state index contributed by atoms with van der Waals surface area (Å²) in [6.07, 6.45) is -4.37. The summed E-state index contributed by atoms with van der Waals surface area (Å²) >= 11 is 6.11. The monoisotopic (exact) mass is 632 g/mol. The Bertz CT molecular complexity index is 1120. The second kappa shape index (κ2) is 18.2. The van der Waals surface area contributed by atoms with E-state index in [4.69, 9.17) is 21.4 Å². The van der Waals surface area contributed by atoms with Crippen LogP contribution in [0.15, 0.2) is 18.2 Å². The molecule has 11 nitrogen and oxygen atoms in total. The molecule has 0 aliphatic rings. The van der Waals surface area contributed by atoms with Gasteiger partial charge in [-0.05, 0) is 48.3 Å². The van der Waals surface area contributed by atoms with Crippen molar-refractivity contribution in [2.75, 3.05) is 13.2 Å². The average Bonchev–Trinajstić information content (AvgIpc) is 2.89. The van der Waals surface area contributed by atoms with Crippen molar-refractivity contribution >= 4 is 41.4 Å². The van der Waals surface area contributed by atoms with Gasteiger partial charge in [-0.1, -0.05) is 59.2 Å². The van der Waals surface area contributed by atoms with Gasteiger partial charge in [0, 0.05) is 18.0 Å². The highest BCUT2D eigenvalue weighted by Gasteiger charge is 2.32. The fraction of sp³-hybridized carbons (Fsp3) is 0.621. The van der Waals surface area contributed by atoms with E-state index >= 15 is 0 Å². The van der Waals surface area contributed by atoms with E-state index in [1.807, 2.05) is 13.8 Å². The largest absolute Gasteiger partial charge is 0.478 e. The van der Waals surface area contributed by atoms with Gasteiger partial charge in [0.15, 0.2) is 0 Å². The first kappa shape index (κ1) is 37.5. The van der Waals surface area contributed by atoms with Gasteiger partial charge >= 0.3 is 12.1 Å². The zero-order valence-electron chi connectivity index (χ0n) is 25.3. The van der Waals surface area contributed by atoms with Crippen LogP contribution in [0.3, 0.4) is 0 Å². The number of carbonyl (C=O) groups is 5. The van der Waals surface area contributed by atoms with Gasteiger partial charge in [-0.15, -0.1) is 0 Å². The molecule has 0 heterocycles. The number of hydrogen-bond acceptors (Lipinski definition) is 6. The summed E-state index contributed by atoms with van der Waals surface area (Å²) in [7, 11) is 0. The summed E-state index contributed by atoms with van der Waals surface area (Å²) in [6.45, 7) is 10.8. The number of nitrogens with one attached hydrogen (secondary N) is 4. The van der Waals surface area contributed by atoms with E-state index in [2.05, 4.69) is 21.3 Å². The van der Waals surface area contributed by atoms with Crippen LogP contribution in [-0.4, -0.2) is 72.6 Å². The SMILES string of the molecule is CC(C)COC(=O)N[C@H](C(=O)N[C@@H](CC(C)C)C(=O)N[C@@H](CC(F)F)C(=O)NCCc1ccc(C(=O)O)cc1Cl)C(C)C. The average molecular weight is 633 g/mol. The molecule has 0 radical (unpaired) electrons. The lowest BCUT2D eigenvalue weighted by Gasteiger charge is -2.27. The number of carboxylic acid groups (broad SMARTS) is 1. The number of benzene rings is 1. The Morgan fingerprint density at radius 1 is 0.860 bits per heavy atom. The van der Waals surface area contributed by atoms with Crippen molar-refractivity contribution in [1.82, 2.24) is 21.3 Å². The van der Waals surface area contributed by atoms with Gasteiger partial charge in [-0.25, -0.2) is 18.4 Å². The van der Waals surface area contributed by atoms with Gasteiger partial charge < -0.3 is 31.1 Å². The molecule has 0 saturated carbocycles. The van der Waals surface area contributed by atoms with E-state index in [9.17, 15) is 32.8 Å². The highest BCUT2D eigenvalue weighted by molar-refractivity contribution is 6.31. The molecule has 1 aromatic carbocycles. The molecule has 1 aromatic rings. The number of aromatic carboxylic acids is 1. The zero-order chi connectivity index (χ0) is 32.9. The summed E-state index contributed by atoms with van der Waals surface area (Å²) in [4.78, 5) is 62.4. The number of carbonyl (C=O) groups excluding carboxylic acids is 4. The van der Waals surface area contributed by atoms with Crippen molar-refractivity contribution in [1.29, 1.82) is 0 Å². The van der Waals surface area contributed by atoms with E-state index in [0.29, 0.717) is 5.56 Å². The quantitative estimate of drug-likeness (QED) is 0.175. The summed E-state index contributed by atoms with van der Waals surface area (Å²) in [5.41, 5.74) is 0.518. The smallest absolute Gasteiger partial charge is 0.407 e. The third-order valence-corrected chi connectivity index (χ3v) is 6.50. The molecule has 242 valence electrons. The van der Waals surface area contributed by atoms with Gasteiger partial charge in [0.25, 0.3) is 0 Å². The Kier molecular flexibility index (Phi) is 15.9. The van der Waals surface area contributed by atoms with Crippen LogP contribution in [0.4, 0.5) is 13.6 Å². The van der Waals surface area contributed by atoms with Crippen molar-refractivity contribution in [3.8, 4) is 0 Å². The minimum absolute atomic E-state index is 0.0120. The first-order chi connectivity index (χ1) is 20.0. The number of carboxylic acids is 1. The van der Waals surface area contributed by atoms with Crippen LogP contribution < -0.4 is 21.3 Å². The predicted octanol–water partition coefficient (Wildman–Crippen LogP) is 3.77. The maximum atomic E-state index is 13.4. The molecule has 0 aliphatic carbocycles. The van der Waals surface area contributed by atoms with Crippen molar-refractivity contribution in [3.63, 3.8) is 0 Å². The van der Waals surface area contributed by atoms with Crippen LogP contribution in [-0.2, 0) is 25.5 Å². The Morgan fingerprint density at radius 3 is 1.98 bits per heavy atom. The fourth-order valence-electron chi connectivity index (χ4n) is 3.92. The van der Waals surface area contributed by atoms with Gasteiger partial charge in [-0.3, -0.25) is 14.4 Å². The molecule has 0 bridgehead atoms. The maximum Gasteiger partial charge on any atom is 0.407 e. The van der Waals surface area contributed by atoms with Gasteiger partial charge in [0.2, 0.25) is 24.1 Å². The number of rotatable bonds is 17. The van der Waals surface area contributed by atoms with Crippen molar-refractivity contribution in [3.05, 3.63) is 34.3 Å². The van der Waals surface area contributed by atoms with Crippen LogP contribution in [0.5, 0.6) is 0 Å². The Morgan fingerprint density at radius 2 is 1.47 bits per heavy atom. The van der Waals surface area contributed by atoms with E-state index in [0.717, 1.165) is 0 Å². The first-order valence-corrected chi connectivity index (χ1v) is 14.5. The lowest BCUT2D eigenvalue weighted by Crippen LogP contribution is -2.58. The molecule has 0 saturated heterocycles. The molecule has 4 amide bonds. The summed E-state index contributed by atoms with van der Waals surface area (Å²) in [5, 5.41) is 19.1. The molecular formula is C29H43ClF2N4O7. The van der Waals surface area contributed by atoms with Crippen LogP contribution in [0.2, 0.25) is 5.02 Å². The molecule has 0 fully saturated rings. The molecule has 0 spiro atoms. The highest BCUT2D eigenvalue weighted by atomic mass is 35.5. The predicted molar refractivity (Wildman–Crippen MR) is 157 cm³/mol. The van der Waals surface area contributed by atoms with Gasteiger partial charge in [0.05, 0.1) is 12.2 Å². The van der Waals surface area contributed by atoms with Crippen molar-refractivity contribution in [2.24, 2.45) is 17.8 Å². The lowest BCUT2D eigenvalue weighted by molar-refractivity contribution is -0.133. The minimum Gasteiger partial charge on any atom is -0.478 e. The van der Waals surface area contributed by atoms with Crippen molar-refractivity contribution < 1.29 is 42.6 Å². The minimum atomic E-state index is -2.92.